The first-order valence-corrected chi connectivity index (χ1v) is 9.77. The van der Waals surface area contributed by atoms with E-state index in [1.54, 1.807) is 0 Å². The number of rotatable bonds is 5. The molecule has 0 spiro atoms. The summed E-state index contributed by atoms with van der Waals surface area (Å²) in [4.78, 5) is 17.0. The number of aryl methyl sites for hydroxylation is 2. The van der Waals surface area contributed by atoms with Crippen LogP contribution in [0.15, 0.2) is 36.4 Å². The third-order valence-corrected chi connectivity index (χ3v) is 5.33. The Labute approximate surface area is 166 Å². The molecule has 0 bridgehead atoms. The minimum Gasteiger partial charge on any atom is -0.454 e. The molecule has 2 aliphatic heterocycles. The van der Waals surface area contributed by atoms with Crippen molar-refractivity contribution in [2.24, 2.45) is 0 Å². The summed E-state index contributed by atoms with van der Waals surface area (Å²) in [5.74, 6) is 1.71. The normalized spacial score (nSPS) is 16.9. The predicted molar refractivity (Wildman–Crippen MR) is 109 cm³/mol. The van der Waals surface area contributed by atoms with Crippen LogP contribution in [0.25, 0.3) is 0 Å². The zero-order valence-electron chi connectivity index (χ0n) is 16.5. The Balaban J connectivity index is 1.24. The second-order valence-electron chi connectivity index (χ2n) is 7.61. The number of nitrogens with zero attached hydrogens (tertiary/aromatic N) is 2. The molecule has 6 nitrogen and oxygen atoms in total. The first-order valence-electron chi connectivity index (χ1n) is 9.77. The van der Waals surface area contributed by atoms with Gasteiger partial charge in [-0.25, -0.2) is 0 Å². The van der Waals surface area contributed by atoms with Crippen molar-refractivity contribution in [3.05, 3.63) is 53.1 Å². The van der Waals surface area contributed by atoms with Gasteiger partial charge in [0.1, 0.15) is 0 Å². The minimum atomic E-state index is 0.0520. The van der Waals surface area contributed by atoms with E-state index in [2.05, 4.69) is 40.2 Å². The van der Waals surface area contributed by atoms with Gasteiger partial charge in [0, 0.05) is 38.4 Å². The Morgan fingerprint density at radius 3 is 2.50 bits per heavy atom. The Bertz CT molecular complexity index is 860. The van der Waals surface area contributed by atoms with Gasteiger partial charge in [0.25, 0.3) is 0 Å². The Morgan fingerprint density at radius 1 is 0.964 bits per heavy atom. The van der Waals surface area contributed by atoms with Gasteiger partial charge in [-0.15, -0.1) is 0 Å². The zero-order valence-corrected chi connectivity index (χ0v) is 16.5. The molecular weight excluding hydrogens is 354 g/mol. The van der Waals surface area contributed by atoms with Crippen molar-refractivity contribution in [3.63, 3.8) is 0 Å². The fourth-order valence-electron chi connectivity index (χ4n) is 3.75. The lowest BCUT2D eigenvalue weighted by atomic mass is 10.1. The van der Waals surface area contributed by atoms with Crippen LogP contribution in [-0.2, 0) is 11.3 Å². The van der Waals surface area contributed by atoms with Gasteiger partial charge < -0.3 is 14.8 Å². The van der Waals surface area contributed by atoms with E-state index < -0.39 is 0 Å². The number of anilines is 1. The monoisotopic (exact) mass is 381 g/mol. The molecule has 0 unspecified atom stereocenters. The van der Waals surface area contributed by atoms with Crippen LogP contribution in [0.5, 0.6) is 11.5 Å². The van der Waals surface area contributed by atoms with Crippen molar-refractivity contribution in [3.8, 4) is 11.5 Å². The van der Waals surface area contributed by atoms with Crippen molar-refractivity contribution in [2.75, 3.05) is 44.8 Å². The molecule has 6 heteroatoms. The van der Waals surface area contributed by atoms with E-state index >= 15 is 0 Å². The average Bonchev–Trinajstić information content (AvgIpc) is 3.13. The Hall–Kier alpha value is -2.57. The third kappa shape index (κ3) is 4.46. The summed E-state index contributed by atoms with van der Waals surface area (Å²) in [7, 11) is 0. The maximum absolute atomic E-state index is 12.4. The number of hydrogen-bond donors (Lipinski definition) is 1. The lowest BCUT2D eigenvalue weighted by Crippen LogP contribution is -2.48. The van der Waals surface area contributed by atoms with Gasteiger partial charge in [0.05, 0.1) is 6.54 Å². The van der Waals surface area contributed by atoms with E-state index in [0.29, 0.717) is 13.3 Å². The molecule has 2 aromatic carbocycles. The minimum absolute atomic E-state index is 0.0520. The van der Waals surface area contributed by atoms with E-state index in [4.69, 9.17) is 9.47 Å². The molecule has 28 heavy (non-hydrogen) atoms. The molecule has 1 N–H and O–H groups in total. The number of hydrogen-bond acceptors (Lipinski definition) is 5. The number of nitrogens with one attached hydrogen (secondary N) is 1. The topological polar surface area (TPSA) is 54.0 Å². The van der Waals surface area contributed by atoms with Crippen molar-refractivity contribution < 1.29 is 14.3 Å². The summed E-state index contributed by atoms with van der Waals surface area (Å²) in [5, 5.41) is 3.04. The van der Waals surface area contributed by atoms with Crippen LogP contribution < -0.4 is 14.8 Å². The van der Waals surface area contributed by atoms with Gasteiger partial charge in [-0.1, -0.05) is 23.8 Å². The highest BCUT2D eigenvalue weighted by Crippen LogP contribution is 2.32. The lowest BCUT2D eigenvalue weighted by molar-refractivity contribution is -0.117. The van der Waals surface area contributed by atoms with Crippen molar-refractivity contribution in [1.82, 2.24) is 9.80 Å². The van der Waals surface area contributed by atoms with Crippen LogP contribution in [0.4, 0.5) is 5.69 Å². The van der Waals surface area contributed by atoms with E-state index in [1.165, 1.54) is 11.1 Å². The third-order valence-electron chi connectivity index (χ3n) is 5.33. The largest absolute Gasteiger partial charge is 0.454 e. The second-order valence-corrected chi connectivity index (χ2v) is 7.61. The highest BCUT2D eigenvalue weighted by Gasteiger charge is 2.20. The zero-order chi connectivity index (χ0) is 19.5. The number of ether oxygens (including phenoxy) is 2. The number of carbonyl (C=O) groups is 1. The summed E-state index contributed by atoms with van der Waals surface area (Å²) in [6.45, 7) is 9.40. The molecule has 0 saturated carbocycles. The van der Waals surface area contributed by atoms with E-state index in [9.17, 15) is 4.79 Å². The summed E-state index contributed by atoms with van der Waals surface area (Å²) in [6.07, 6.45) is 0. The molecule has 1 fully saturated rings. The number of benzene rings is 2. The van der Waals surface area contributed by atoms with Crippen molar-refractivity contribution in [1.29, 1.82) is 0 Å². The maximum atomic E-state index is 12.4. The highest BCUT2D eigenvalue weighted by molar-refractivity contribution is 5.93. The highest BCUT2D eigenvalue weighted by atomic mass is 16.7. The van der Waals surface area contributed by atoms with Gasteiger partial charge >= 0.3 is 0 Å². The molecule has 1 amide bonds. The standard InChI is InChI=1S/C22H27N3O3/c1-16-3-5-19(17(2)11-16)23-22(26)14-25-9-7-24(8-10-25)13-18-4-6-20-21(12-18)28-15-27-20/h3-6,11-12H,7-10,13-15H2,1-2H3,(H,23,26). The number of amides is 1. The lowest BCUT2D eigenvalue weighted by Gasteiger charge is -2.34. The summed E-state index contributed by atoms with van der Waals surface area (Å²) in [5.41, 5.74) is 4.43. The van der Waals surface area contributed by atoms with Crippen LogP contribution in [0, 0.1) is 13.8 Å². The van der Waals surface area contributed by atoms with E-state index in [-0.39, 0.29) is 5.91 Å². The van der Waals surface area contributed by atoms with Gasteiger partial charge in [-0.05, 0) is 43.2 Å². The summed E-state index contributed by atoms with van der Waals surface area (Å²) in [6, 6.07) is 12.2. The number of carbonyl (C=O) groups excluding carboxylic acids is 1. The number of piperazine rings is 1. The van der Waals surface area contributed by atoms with Crippen molar-refractivity contribution >= 4 is 11.6 Å². The van der Waals surface area contributed by atoms with E-state index in [1.807, 2.05) is 25.1 Å². The van der Waals surface area contributed by atoms with Crippen LogP contribution in [-0.4, -0.2) is 55.2 Å². The first kappa shape index (κ1) is 18.8. The first-order chi connectivity index (χ1) is 13.6. The molecule has 2 heterocycles. The average molecular weight is 381 g/mol. The molecule has 0 radical (unpaired) electrons. The summed E-state index contributed by atoms with van der Waals surface area (Å²) >= 11 is 0. The van der Waals surface area contributed by atoms with Gasteiger partial charge in [-0.2, -0.15) is 0 Å². The predicted octanol–water partition coefficient (Wildman–Crippen LogP) is 2.79. The Morgan fingerprint density at radius 2 is 1.71 bits per heavy atom. The van der Waals surface area contributed by atoms with Gasteiger partial charge in [0.2, 0.25) is 12.7 Å². The second kappa shape index (κ2) is 8.20. The fourth-order valence-corrected chi connectivity index (χ4v) is 3.75. The SMILES string of the molecule is Cc1ccc(NC(=O)CN2CCN(Cc3ccc4c(c3)OCO4)CC2)c(C)c1. The van der Waals surface area contributed by atoms with Crippen molar-refractivity contribution in [2.45, 2.75) is 20.4 Å². The van der Waals surface area contributed by atoms with Gasteiger partial charge in [0.15, 0.2) is 11.5 Å². The van der Waals surface area contributed by atoms with Crippen LogP contribution >= 0.6 is 0 Å². The molecule has 0 aromatic heterocycles. The van der Waals surface area contributed by atoms with Crippen LogP contribution in [0.3, 0.4) is 0 Å². The molecular formula is C22H27N3O3. The van der Waals surface area contributed by atoms with E-state index in [0.717, 1.165) is 55.5 Å². The molecule has 2 aliphatic rings. The summed E-state index contributed by atoms with van der Waals surface area (Å²) < 4.78 is 10.8. The molecule has 4 rings (SSSR count). The fraction of sp³-hybridized carbons (Fsp3) is 0.409. The quantitative estimate of drug-likeness (QED) is 0.863. The Kier molecular flexibility index (Phi) is 5.50. The number of fused-ring (bicyclic) bond motifs is 1. The van der Waals surface area contributed by atoms with Crippen LogP contribution in [0.1, 0.15) is 16.7 Å². The van der Waals surface area contributed by atoms with Crippen LogP contribution in [0.2, 0.25) is 0 Å². The molecule has 1 saturated heterocycles. The maximum Gasteiger partial charge on any atom is 0.238 e. The smallest absolute Gasteiger partial charge is 0.238 e. The molecule has 0 atom stereocenters. The van der Waals surface area contributed by atoms with Gasteiger partial charge in [-0.3, -0.25) is 14.6 Å². The molecule has 0 aliphatic carbocycles. The molecule has 148 valence electrons. The molecule has 2 aromatic rings.